The van der Waals surface area contributed by atoms with Crippen molar-refractivity contribution in [3.8, 4) is 0 Å². The van der Waals surface area contributed by atoms with Gasteiger partial charge in [-0.3, -0.25) is 4.99 Å². The van der Waals surface area contributed by atoms with E-state index in [1.807, 2.05) is 6.07 Å². The minimum Gasteiger partial charge on any atom is -0.356 e. The fourth-order valence-electron chi connectivity index (χ4n) is 2.18. The normalized spacial score (nSPS) is 16.8. The molecule has 3 nitrogen and oxygen atoms in total. The molecule has 0 saturated heterocycles. The second kappa shape index (κ2) is 5.87. The minimum absolute atomic E-state index is 0.0634. The van der Waals surface area contributed by atoms with Crippen LogP contribution in [-0.4, -0.2) is 26.1 Å². The summed E-state index contributed by atoms with van der Waals surface area (Å²) in [7, 11) is 1.74. The summed E-state index contributed by atoms with van der Waals surface area (Å²) in [4.78, 5) is 4.14. The molecule has 0 unspecified atom stereocenters. The molecule has 19 heavy (non-hydrogen) atoms. The van der Waals surface area contributed by atoms with Gasteiger partial charge in [-0.05, 0) is 30.5 Å². The van der Waals surface area contributed by atoms with Crippen LogP contribution in [0.5, 0.6) is 0 Å². The third-order valence-corrected chi connectivity index (χ3v) is 3.52. The van der Waals surface area contributed by atoms with Crippen molar-refractivity contribution < 1.29 is 4.39 Å². The van der Waals surface area contributed by atoms with E-state index in [0.29, 0.717) is 6.54 Å². The number of rotatable bonds is 5. The predicted octanol–water partition coefficient (Wildman–Crippen LogP) is 2.21. The maximum absolute atomic E-state index is 13.3. The van der Waals surface area contributed by atoms with Crippen molar-refractivity contribution in [1.82, 2.24) is 10.6 Å². The van der Waals surface area contributed by atoms with Crippen LogP contribution in [0.15, 0.2) is 41.9 Å². The fourth-order valence-corrected chi connectivity index (χ4v) is 2.18. The molecule has 2 rings (SSSR count). The third kappa shape index (κ3) is 3.34. The third-order valence-electron chi connectivity index (χ3n) is 3.52. The lowest BCUT2D eigenvalue weighted by molar-refractivity contribution is 0.607. The first kappa shape index (κ1) is 13.6. The van der Waals surface area contributed by atoms with E-state index in [-0.39, 0.29) is 11.2 Å². The van der Waals surface area contributed by atoms with Gasteiger partial charge in [0.05, 0.1) is 0 Å². The van der Waals surface area contributed by atoms with Crippen molar-refractivity contribution in [2.75, 3.05) is 20.1 Å². The Labute approximate surface area is 113 Å². The maximum atomic E-state index is 13.3. The van der Waals surface area contributed by atoms with Gasteiger partial charge in [-0.25, -0.2) is 4.39 Å². The van der Waals surface area contributed by atoms with Gasteiger partial charge < -0.3 is 10.6 Å². The van der Waals surface area contributed by atoms with Gasteiger partial charge in [-0.1, -0.05) is 18.2 Å². The molecule has 1 fully saturated rings. The van der Waals surface area contributed by atoms with Crippen molar-refractivity contribution in [3.05, 3.63) is 48.3 Å². The topological polar surface area (TPSA) is 36.4 Å². The number of guanidine groups is 1. The molecule has 1 aliphatic carbocycles. The molecule has 2 N–H and O–H groups in total. The second-order valence-corrected chi connectivity index (χ2v) is 4.89. The molecule has 102 valence electrons. The summed E-state index contributed by atoms with van der Waals surface area (Å²) in [6.45, 7) is 5.10. The summed E-state index contributed by atoms with van der Waals surface area (Å²) >= 11 is 0. The van der Waals surface area contributed by atoms with Gasteiger partial charge in [-0.15, -0.1) is 6.58 Å². The molecule has 0 amide bonds. The van der Waals surface area contributed by atoms with E-state index in [1.54, 1.807) is 25.3 Å². The smallest absolute Gasteiger partial charge is 0.191 e. The van der Waals surface area contributed by atoms with Gasteiger partial charge in [0.25, 0.3) is 0 Å². The summed E-state index contributed by atoms with van der Waals surface area (Å²) in [6, 6.07) is 6.89. The van der Waals surface area contributed by atoms with Crippen molar-refractivity contribution in [1.29, 1.82) is 0 Å². The van der Waals surface area contributed by atoms with E-state index in [0.717, 1.165) is 30.9 Å². The average Bonchev–Trinajstić information content (AvgIpc) is 3.20. The quantitative estimate of drug-likeness (QED) is 0.484. The van der Waals surface area contributed by atoms with Gasteiger partial charge >= 0.3 is 0 Å². The summed E-state index contributed by atoms with van der Waals surface area (Å²) in [5, 5.41) is 6.42. The molecule has 1 saturated carbocycles. The van der Waals surface area contributed by atoms with Crippen LogP contribution in [0.2, 0.25) is 0 Å². The molecule has 1 aliphatic rings. The van der Waals surface area contributed by atoms with Crippen LogP contribution >= 0.6 is 0 Å². The Bertz CT molecular complexity index is 478. The van der Waals surface area contributed by atoms with E-state index in [4.69, 9.17) is 0 Å². The molecule has 1 aromatic rings. The Morgan fingerprint density at radius 2 is 2.26 bits per heavy atom. The second-order valence-electron chi connectivity index (χ2n) is 4.89. The molecule has 0 aromatic heterocycles. The molecule has 0 aliphatic heterocycles. The zero-order chi connectivity index (χ0) is 13.7. The number of hydrogen-bond donors (Lipinski definition) is 2. The zero-order valence-electron chi connectivity index (χ0n) is 11.2. The highest BCUT2D eigenvalue weighted by atomic mass is 19.1. The van der Waals surface area contributed by atoms with Gasteiger partial charge in [0.1, 0.15) is 5.82 Å². The number of hydrogen-bond acceptors (Lipinski definition) is 1. The molecule has 4 heteroatoms. The first-order valence-corrected chi connectivity index (χ1v) is 6.52. The van der Waals surface area contributed by atoms with Crippen molar-refractivity contribution in [3.63, 3.8) is 0 Å². The van der Waals surface area contributed by atoms with Crippen LogP contribution in [0.3, 0.4) is 0 Å². The Balaban J connectivity index is 1.97. The SMILES string of the molecule is C=CCNC(=NC)NCC1(c2cccc(F)c2)CC1. The Hall–Kier alpha value is -1.84. The lowest BCUT2D eigenvalue weighted by Crippen LogP contribution is -2.41. The van der Waals surface area contributed by atoms with Crippen LogP contribution in [0.4, 0.5) is 4.39 Å². The minimum atomic E-state index is -0.169. The van der Waals surface area contributed by atoms with E-state index >= 15 is 0 Å². The van der Waals surface area contributed by atoms with E-state index in [9.17, 15) is 4.39 Å². The molecule has 0 heterocycles. The number of benzene rings is 1. The summed E-state index contributed by atoms with van der Waals surface area (Å²) in [6.07, 6.45) is 3.95. The van der Waals surface area contributed by atoms with Crippen molar-refractivity contribution in [2.24, 2.45) is 4.99 Å². The molecule has 0 bridgehead atoms. The van der Waals surface area contributed by atoms with Crippen LogP contribution in [0.1, 0.15) is 18.4 Å². The van der Waals surface area contributed by atoms with E-state index in [1.165, 1.54) is 6.07 Å². The lowest BCUT2D eigenvalue weighted by atomic mass is 9.96. The zero-order valence-corrected chi connectivity index (χ0v) is 11.2. The Kier molecular flexibility index (Phi) is 4.20. The van der Waals surface area contributed by atoms with Crippen molar-refractivity contribution in [2.45, 2.75) is 18.3 Å². The average molecular weight is 261 g/mol. The number of aliphatic imine (C=N–C) groups is 1. The molecule has 1 aromatic carbocycles. The maximum Gasteiger partial charge on any atom is 0.191 e. The Morgan fingerprint density at radius 1 is 1.47 bits per heavy atom. The number of nitrogens with zero attached hydrogens (tertiary/aromatic N) is 1. The summed E-state index contributed by atoms with van der Waals surface area (Å²) in [5.41, 5.74) is 1.13. The van der Waals surface area contributed by atoms with Gasteiger partial charge in [0, 0.05) is 25.6 Å². The van der Waals surface area contributed by atoms with Crippen LogP contribution < -0.4 is 10.6 Å². The van der Waals surface area contributed by atoms with Crippen LogP contribution in [0.25, 0.3) is 0 Å². The standard InChI is InChI=1S/C15H20FN3/c1-3-9-18-14(17-2)19-11-15(7-8-15)12-5-4-6-13(16)10-12/h3-6,10H,1,7-9,11H2,2H3,(H2,17,18,19). The predicted molar refractivity (Wildman–Crippen MR) is 76.9 cm³/mol. The first-order chi connectivity index (χ1) is 9.20. The first-order valence-electron chi connectivity index (χ1n) is 6.52. The van der Waals surface area contributed by atoms with E-state index in [2.05, 4.69) is 22.2 Å². The highest BCUT2D eigenvalue weighted by Gasteiger charge is 2.44. The van der Waals surface area contributed by atoms with Crippen molar-refractivity contribution >= 4 is 5.96 Å². The highest BCUT2D eigenvalue weighted by Crippen LogP contribution is 2.47. The van der Waals surface area contributed by atoms with Crippen LogP contribution in [0, 0.1) is 5.82 Å². The van der Waals surface area contributed by atoms with Gasteiger partial charge in [-0.2, -0.15) is 0 Å². The number of nitrogens with one attached hydrogen (secondary N) is 2. The summed E-state index contributed by atoms with van der Waals surface area (Å²) in [5.74, 6) is 0.584. The monoisotopic (exact) mass is 261 g/mol. The highest BCUT2D eigenvalue weighted by molar-refractivity contribution is 5.80. The molecule has 0 radical (unpaired) electrons. The van der Waals surface area contributed by atoms with Gasteiger partial charge in [0.2, 0.25) is 0 Å². The Morgan fingerprint density at radius 3 is 2.84 bits per heavy atom. The molecule has 0 spiro atoms. The van der Waals surface area contributed by atoms with Gasteiger partial charge in [0.15, 0.2) is 5.96 Å². The molecular weight excluding hydrogens is 241 g/mol. The largest absolute Gasteiger partial charge is 0.356 e. The molecule has 0 atom stereocenters. The van der Waals surface area contributed by atoms with E-state index < -0.39 is 0 Å². The summed E-state index contributed by atoms with van der Waals surface area (Å²) < 4.78 is 13.3. The fraction of sp³-hybridized carbons (Fsp3) is 0.400. The van der Waals surface area contributed by atoms with Crippen LogP contribution in [-0.2, 0) is 5.41 Å². The molecular formula is C15H20FN3. The lowest BCUT2D eigenvalue weighted by Gasteiger charge is -2.18. The number of halogens is 1.